The molecule has 1 aromatic rings. The fourth-order valence-electron chi connectivity index (χ4n) is 3.78. The van der Waals surface area contributed by atoms with Crippen LogP contribution < -0.4 is 11.2 Å². The van der Waals surface area contributed by atoms with E-state index < -0.39 is 68.5 Å². The third-order valence-corrected chi connectivity index (χ3v) is 8.38. The number of rotatable bonds is 6. The Morgan fingerprint density at radius 2 is 1.92 bits per heavy atom. The van der Waals surface area contributed by atoms with Crippen molar-refractivity contribution in [3.8, 4) is 0 Å². The quantitative estimate of drug-likeness (QED) is 0.282. The average Bonchev–Trinajstić information content (AvgIpc) is 3.15. The van der Waals surface area contributed by atoms with Crippen LogP contribution in [0.4, 0.5) is 0 Å². The van der Waals surface area contributed by atoms with E-state index >= 15 is 0 Å². The van der Waals surface area contributed by atoms with Gasteiger partial charge in [0.25, 0.3) is 5.56 Å². The minimum absolute atomic E-state index is 0.263. The molecule has 0 spiro atoms. The smallest absolute Gasteiger partial charge is 0.340 e. The van der Waals surface area contributed by atoms with E-state index in [0.717, 1.165) is 10.6 Å². The summed E-state index contributed by atoms with van der Waals surface area (Å²) in [6, 6.07) is 1.09. The molecule has 0 aliphatic heterocycles. The number of hydrogen-bond donors (Lipinski definition) is 6. The van der Waals surface area contributed by atoms with Crippen molar-refractivity contribution in [3.63, 3.8) is 0 Å². The molecule has 2 aliphatic rings. The molecule has 0 saturated heterocycles. The van der Waals surface area contributed by atoms with Gasteiger partial charge < -0.3 is 29.4 Å². The maximum atomic E-state index is 12.0. The van der Waals surface area contributed by atoms with Crippen molar-refractivity contribution in [2.45, 2.75) is 24.2 Å². The summed E-state index contributed by atoms with van der Waals surface area (Å²) in [6.45, 7) is -0.531. The van der Waals surface area contributed by atoms with Crippen LogP contribution in [-0.4, -0.2) is 59.2 Å². The van der Waals surface area contributed by atoms with Gasteiger partial charge in [-0.15, -0.1) is 0 Å². The number of aromatic amines is 1. The molecule has 3 rings (SSSR count). The monoisotopic (exact) mass is 412 g/mol. The van der Waals surface area contributed by atoms with E-state index in [1.54, 1.807) is 0 Å². The summed E-state index contributed by atoms with van der Waals surface area (Å²) >= 11 is 0. The molecule has 14 heteroatoms. The van der Waals surface area contributed by atoms with Crippen LogP contribution in [0.1, 0.15) is 6.42 Å². The fourth-order valence-corrected chi connectivity index (χ4v) is 6.37. The lowest BCUT2D eigenvalue weighted by molar-refractivity contribution is -0.0269. The van der Waals surface area contributed by atoms with Crippen LogP contribution in [-0.2, 0) is 19.2 Å². The zero-order valence-electron chi connectivity index (χ0n) is 13.2. The molecule has 0 bridgehead atoms. The molecule has 146 valence electrons. The van der Waals surface area contributed by atoms with E-state index in [-0.39, 0.29) is 6.42 Å². The van der Waals surface area contributed by atoms with Crippen molar-refractivity contribution < 1.29 is 38.5 Å². The summed E-state index contributed by atoms with van der Waals surface area (Å²) in [5.74, 6) is -2.67. The molecule has 2 aliphatic carbocycles. The molecule has 0 aromatic carbocycles. The van der Waals surface area contributed by atoms with Crippen LogP contribution in [0.5, 0.6) is 0 Å². The number of nitrogens with one attached hydrogen (secondary N) is 1. The minimum Gasteiger partial charge on any atom is -0.390 e. The summed E-state index contributed by atoms with van der Waals surface area (Å²) in [4.78, 5) is 52.3. The predicted molar refractivity (Wildman–Crippen MR) is 85.6 cm³/mol. The Morgan fingerprint density at radius 3 is 2.50 bits per heavy atom. The SMILES string of the molecule is O=c1ccn([C@]23C[C@H]2[C@H](COP(=O)(O)CP(=O)(O)O)[C@@H](O)[C@H]3O)c(=O)[nH]1. The molecular weight excluding hydrogens is 394 g/mol. The van der Waals surface area contributed by atoms with Gasteiger partial charge in [0, 0.05) is 18.2 Å². The molecule has 6 N–H and O–H groups in total. The van der Waals surface area contributed by atoms with E-state index in [0.29, 0.717) is 0 Å². The van der Waals surface area contributed by atoms with Gasteiger partial charge in [-0.2, -0.15) is 0 Å². The van der Waals surface area contributed by atoms with E-state index in [4.69, 9.17) is 14.3 Å². The zero-order chi connectivity index (χ0) is 19.5. The number of H-pyrrole nitrogens is 1. The summed E-state index contributed by atoms with van der Waals surface area (Å²) in [5, 5.41) is 20.6. The number of nitrogens with zero attached hydrogens (tertiary/aromatic N) is 1. The molecule has 1 heterocycles. The van der Waals surface area contributed by atoms with Crippen LogP contribution >= 0.6 is 15.2 Å². The molecule has 2 saturated carbocycles. The molecule has 1 aromatic heterocycles. The largest absolute Gasteiger partial charge is 0.390 e. The number of aliphatic hydroxyl groups excluding tert-OH is 2. The lowest BCUT2D eigenvalue weighted by Gasteiger charge is -2.24. The first kappa shape index (κ1) is 19.7. The number of aliphatic hydroxyl groups is 2. The first-order valence-electron chi connectivity index (χ1n) is 7.57. The van der Waals surface area contributed by atoms with Crippen molar-refractivity contribution in [3.05, 3.63) is 33.1 Å². The van der Waals surface area contributed by atoms with Gasteiger partial charge in [0.05, 0.1) is 18.2 Å². The van der Waals surface area contributed by atoms with Crippen LogP contribution in [0.15, 0.2) is 21.9 Å². The van der Waals surface area contributed by atoms with Crippen molar-refractivity contribution in [2.75, 3.05) is 12.5 Å². The molecule has 12 nitrogen and oxygen atoms in total. The zero-order valence-corrected chi connectivity index (χ0v) is 15.0. The maximum absolute atomic E-state index is 12.0. The van der Waals surface area contributed by atoms with Gasteiger partial charge in [-0.1, -0.05) is 0 Å². The molecule has 2 fully saturated rings. The Morgan fingerprint density at radius 1 is 1.27 bits per heavy atom. The van der Waals surface area contributed by atoms with Gasteiger partial charge >= 0.3 is 20.9 Å². The topological polar surface area (TPSA) is 199 Å². The summed E-state index contributed by atoms with van der Waals surface area (Å²) in [6.07, 6.45) is -1.31. The summed E-state index contributed by atoms with van der Waals surface area (Å²) in [7, 11) is -9.39. The predicted octanol–water partition coefficient (Wildman–Crippen LogP) is -2.06. The highest BCUT2D eigenvalue weighted by Crippen LogP contribution is 2.64. The van der Waals surface area contributed by atoms with Gasteiger partial charge in [-0.25, -0.2) is 4.79 Å². The standard InChI is InChI=1S/C12H18N2O10P2/c15-8-1-2-14(11(18)13-8)12-3-7(12)6(9(16)10(12)17)4-24-26(22,23)5-25(19,20)21/h1-2,6-7,9-10,16-17H,3-5H2,(H,22,23)(H,13,15,18)(H2,19,20,21)/t6-,7-,9+,10+,12+/m0/s1. The van der Waals surface area contributed by atoms with E-state index in [1.807, 2.05) is 0 Å². The molecule has 1 unspecified atom stereocenters. The van der Waals surface area contributed by atoms with Crippen molar-refractivity contribution in [2.24, 2.45) is 11.8 Å². The second kappa shape index (κ2) is 6.22. The second-order valence-electron chi connectivity index (χ2n) is 6.62. The Balaban J connectivity index is 1.79. The van der Waals surface area contributed by atoms with Gasteiger partial charge in [-0.3, -0.25) is 23.5 Å². The molecule has 6 atom stereocenters. The molecule has 0 amide bonds. The highest BCUT2D eigenvalue weighted by atomic mass is 31.2. The van der Waals surface area contributed by atoms with Crippen LogP contribution in [0.2, 0.25) is 0 Å². The average molecular weight is 412 g/mol. The second-order valence-corrected chi connectivity index (χ2v) is 10.6. The summed E-state index contributed by atoms with van der Waals surface area (Å²) < 4.78 is 28.4. The normalized spacial score (nSPS) is 35.7. The first-order chi connectivity index (χ1) is 11.9. The van der Waals surface area contributed by atoms with Gasteiger partial charge in [0.1, 0.15) is 6.10 Å². The van der Waals surface area contributed by atoms with Crippen molar-refractivity contribution in [1.82, 2.24) is 9.55 Å². The lowest BCUT2D eigenvalue weighted by atomic mass is 10.0. The lowest BCUT2D eigenvalue weighted by Crippen LogP contribution is -2.44. The third-order valence-electron chi connectivity index (χ3n) is 4.92. The van der Waals surface area contributed by atoms with Crippen molar-refractivity contribution in [1.29, 1.82) is 0 Å². The first-order valence-corrected chi connectivity index (χ1v) is 11.1. The Labute approximate surface area is 145 Å². The van der Waals surface area contributed by atoms with E-state index in [2.05, 4.69) is 4.98 Å². The van der Waals surface area contributed by atoms with Crippen LogP contribution in [0, 0.1) is 11.8 Å². The number of aromatic nitrogens is 2. The molecule has 26 heavy (non-hydrogen) atoms. The maximum Gasteiger partial charge on any atom is 0.340 e. The number of fused-ring (bicyclic) bond motifs is 1. The Hall–Kier alpha value is -1.10. The third kappa shape index (κ3) is 3.39. The highest BCUT2D eigenvalue weighted by Gasteiger charge is 2.72. The Kier molecular flexibility index (Phi) is 4.70. The molecular formula is C12H18N2O10P2. The van der Waals surface area contributed by atoms with Crippen LogP contribution in [0.3, 0.4) is 0 Å². The fraction of sp³-hybridized carbons (Fsp3) is 0.667. The minimum atomic E-state index is -4.78. The van der Waals surface area contributed by atoms with E-state index in [9.17, 15) is 33.8 Å². The molecule has 0 radical (unpaired) electrons. The van der Waals surface area contributed by atoms with Crippen molar-refractivity contribution >= 4 is 15.2 Å². The van der Waals surface area contributed by atoms with Gasteiger partial charge in [0.15, 0.2) is 5.90 Å². The highest BCUT2D eigenvalue weighted by molar-refractivity contribution is 7.70. The Bertz CT molecular complexity index is 921. The van der Waals surface area contributed by atoms with Gasteiger partial charge in [0.2, 0.25) is 0 Å². The van der Waals surface area contributed by atoms with E-state index in [1.165, 1.54) is 6.20 Å². The van der Waals surface area contributed by atoms with Crippen LogP contribution in [0.25, 0.3) is 0 Å². The van der Waals surface area contributed by atoms with Gasteiger partial charge in [-0.05, 0) is 12.3 Å². The number of hydrogen-bond acceptors (Lipinski definition) is 7. The summed E-state index contributed by atoms with van der Waals surface area (Å²) in [5.41, 5.74) is -2.55.